The first kappa shape index (κ1) is 17.2. The average Bonchev–Trinajstić information content (AvgIpc) is 3.00. The van der Waals surface area contributed by atoms with Crippen LogP contribution in [0, 0.1) is 18.3 Å². The van der Waals surface area contributed by atoms with Crippen molar-refractivity contribution in [1.82, 2.24) is 4.98 Å². The number of nitriles is 1. The summed E-state index contributed by atoms with van der Waals surface area (Å²) < 4.78 is 10.3. The number of carbonyl (C=O) groups excluding carboxylic acids is 2. The lowest BCUT2D eigenvalue weighted by molar-refractivity contribution is -0.144. The Bertz CT molecular complexity index is 1010. The molecule has 0 aliphatic heterocycles. The molecule has 1 N–H and O–H groups in total. The number of fused-ring (bicyclic) bond motifs is 1. The van der Waals surface area contributed by atoms with E-state index in [0.29, 0.717) is 16.9 Å². The van der Waals surface area contributed by atoms with Crippen molar-refractivity contribution in [2.75, 3.05) is 13.2 Å². The highest BCUT2D eigenvalue weighted by Crippen LogP contribution is 2.22. The quantitative estimate of drug-likeness (QED) is 0.546. The first-order chi connectivity index (χ1) is 12.6. The van der Waals surface area contributed by atoms with Gasteiger partial charge in [-0.15, -0.1) is 0 Å². The summed E-state index contributed by atoms with van der Waals surface area (Å²) in [6, 6.07) is 16.0. The summed E-state index contributed by atoms with van der Waals surface area (Å²) in [4.78, 5) is 27.4. The molecule has 0 aliphatic carbocycles. The van der Waals surface area contributed by atoms with Gasteiger partial charge in [0.25, 0.3) is 0 Å². The summed E-state index contributed by atoms with van der Waals surface area (Å²) in [6.07, 6.45) is 0. The number of hydrogen-bond acceptors (Lipinski definition) is 5. The minimum atomic E-state index is -0.677. The summed E-state index contributed by atoms with van der Waals surface area (Å²) in [5.74, 6) is -0.667. The molecule has 0 atom stereocenters. The van der Waals surface area contributed by atoms with Crippen molar-refractivity contribution >= 4 is 22.7 Å². The van der Waals surface area contributed by atoms with Gasteiger partial charge in [-0.3, -0.25) is 4.79 Å². The fourth-order valence-corrected chi connectivity index (χ4v) is 2.72. The zero-order valence-electron chi connectivity index (χ0n) is 14.1. The molecule has 6 heteroatoms. The molecule has 0 amide bonds. The van der Waals surface area contributed by atoms with Crippen LogP contribution in [-0.2, 0) is 9.53 Å². The van der Waals surface area contributed by atoms with E-state index in [1.165, 1.54) is 0 Å². The number of nitrogens with zero attached hydrogens (tertiary/aromatic N) is 1. The molecular weight excluding hydrogens is 332 g/mol. The molecule has 1 aromatic heterocycles. The molecule has 0 unspecified atom stereocenters. The van der Waals surface area contributed by atoms with E-state index in [2.05, 4.69) is 4.98 Å². The van der Waals surface area contributed by atoms with Crippen molar-refractivity contribution in [2.24, 2.45) is 0 Å². The lowest BCUT2D eigenvalue weighted by atomic mass is 10.1. The number of ketones is 1. The number of carbonyl (C=O) groups is 2. The second kappa shape index (κ2) is 7.53. The standard InChI is InChI=1S/C20H16N2O4/c1-13-20(15-7-3-4-8-16(15)22-13)17(23)11-26-19(24)12-25-18-9-5-2-6-14(18)10-21/h2-9,22H,11-12H2,1H3. The molecule has 26 heavy (non-hydrogen) atoms. The Morgan fingerprint density at radius 1 is 1.08 bits per heavy atom. The van der Waals surface area contributed by atoms with Crippen LogP contribution >= 0.6 is 0 Å². The van der Waals surface area contributed by atoms with Crippen molar-refractivity contribution < 1.29 is 19.1 Å². The molecule has 0 radical (unpaired) electrons. The van der Waals surface area contributed by atoms with Crippen LogP contribution in [0.25, 0.3) is 10.9 Å². The zero-order valence-corrected chi connectivity index (χ0v) is 14.1. The van der Waals surface area contributed by atoms with Crippen molar-refractivity contribution in [3.05, 3.63) is 65.4 Å². The van der Waals surface area contributed by atoms with Crippen LogP contribution in [0.2, 0.25) is 0 Å². The zero-order chi connectivity index (χ0) is 18.5. The largest absolute Gasteiger partial charge is 0.481 e. The molecule has 1 heterocycles. The number of aryl methyl sites for hydroxylation is 1. The van der Waals surface area contributed by atoms with E-state index in [1.54, 1.807) is 31.2 Å². The Hall–Kier alpha value is -3.59. The number of ether oxygens (including phenoxy) is 2. The van der Waals surface area contributed by atoms with Gasteiger partial charge in [0, 0.05) is 22.2 Å². The smallest absolute Gasteiger partial charge is 0.344 e. The maximum atomic E-state index is 12.4. The van der Waals surface area contributed by atoms with Gasteiger partial charge in [0.05, 0.1) is 5.56 Å². The highest BCUT2D eigenvalue weighted by Gasteiger charge is 2.17. The number of aromatic amines is 1. The molecule has 3 aromatic rings. The van der Waals surface area contributed by atoms with Gasteiger partial charge in [-0.2, -0.15) is 5.26 Å². The van der Waals surface area contributed by atoms with E-state index in [1.807, 2.05) is 30.3 Å². The normalized spacial score (nSPS) is 10.3. The topological polar surface area (TPSA) is 92.2 Å². The number of rotatable bonds is 6. The fourth-order valence-electron chi connectivity index (χ4n) is 2.72. The van der Waals surface area contributed by atoms with Crippen LogP contribution in [0.5, 0.6) is 5.75 Å². The summed E-state index contributed by atoms with van der Waals surface area (Å²) in [6.45, 7) is 1.06. The van der Waals surface area contributed by atoms with Crippen LogP contribution < -0.4 is 4.74 Å². The molecule has 0 spiro atoms. The SMILES string of the molecule is Cc1[nH]c2ccccc2c1C(=O)COC(=O)COc1ccccc1C#N. The average molecular weight is 348 g/mol. The Morgan fingerprint density at radius 2 is 1.81 bits per heavy atom. The van der Waals surface area contributed by atoms with Gasteiger partial charge >= 0.3 is 5.97 Å². The highest BCUT2D eigenvalue weighted by molar-refractivity contribution is 6.10. The van der Waals surface area contributed by atoms with Crippen LogP contribution in [0.15, 0.2) is 48.5 Å². The minimum Gasteiger partial charge on any atom is -0.481 e. The van der Waals surface area contributed by atoms with Gasteiger partial charge in [0.2, 0.25) is 5.78 Å². The second-order valence-electron chi connectivity index (χ2n) is 5.65. The summed E-state index contributed by atoms with van der Waals surface area (Å²) in [5, 5.41) is 9.78. The Morgan fingerprint density at radius 3 is 2.62 bits per heavy atom. The Kier molecular flexibility index (Phi) is 4.99. The Labute approximate surface area is 150 Å². The number of esters is 1. The van der Waals surface area contributed by atoms with Gasteiger partial charge in [-0.25, -0.2) is 4.79 Å². The number of Topliss-reactive ketones (excluding diaryl/α,β-unsaturated/α-hetero) is 1. The van der Waals surface area contributed by atoms with Crippen LogP contribution in [0.1, 0.15) is 21.6 Å². The first-order valence-corrected chi connectivity index (χ1v) is 7.98. The molecule has 6 nitrogen and oxygen atoms in total. The molecule has 130 valence electrons. The van der Waals surface area contributed by atoms with Crippen LogP contribution in [-0.4, -0.2) is 30.0 Å². The summed E-state index contributed by atoms with van der Waals surface area (Å²) >= 11 is 0. The Balaban J connectivity index is 1.60. The van der Waals surface area contributed by atoms with E-state index in [-0.39, 0.29) is 19.0 Å². The molecule has 0 aliphatic rings. The van der Waals surface area contributed by atoms with Gasteiger partial charge in [-0.1, -0.05) is 30.3 Å². The van der Waals surface area contributed by atoms with E-state index in [4.69, 9.17) is 14.7 Å². The molecule has 0 saturated carbocycles. The maximum absolute atomic E-state index is 12.4. The fraction of sp³-hybridized carbons (Fsp3) is 0.150. The third-order valence-corrected chi connectivity index (χ3v) is 3.89. The van der Waals surface area contributed by atoms with Gasteiger partial charge in [0.15, 0.2) is 13.2 Å². The minimum absolute atomic E-state index is 0.286. The maximum Gasteiger partial charge on any atom is 0.344 e. The lowest BCUT2D eigenvalue weighted by Gasteiger charge is -2.08. The van der Waals surface area contributed by atoms with E-state index >= 15 is 0 Å². The molecule has 0 fully saturated rings. The molecule has 0 saturated heterocycles. The van der Waals surface area contributed by atoms with Gasteiger partial charge in [-0.05, 0) is 25.1 Å². The van der Waals surface area contributed by atoms with Crippen molar-refractivity contribution in [3.63, 3.8) is 0 Å². The monoisotopic (exact) mass is 348 g/mol. The van der Waals surface area contributed by atoms with Crippen molar-refractivity contribution in [1.29, 1.82) is 5.26 Å². The third-order valence-electron chi connectivity index (χ3n) is 3.89. The van der Waals surface area contributed by atoms with E-state index < -0.39 is 5.97 Å². The predicted octanol–water partition coefficient (Wildman–Crippen LogP) is 3.15. The number of hydrogen-bond donors (Lipinski definition) is 1. The predicted molar refractivity (Wildman–Crippen MR) is 95.0 cm³/mol. The van der Waals surface area contributed by atoms with Gasteiger partial charge in [0.1, 0.15) is 11.8 Å². The number of nitrogens with one attached hydrogen (secondary N) is 1. The number of aromatic nitrogens is 1. The van der Waals surface area contributed by atoms with Crippen molar-refractivity contribution in [2.45, 2.75) is 6.92 Å². The van der Waals surface area contributed by atoms with Crippen LogP contribution in [0.3, 0.4) is 0 Å². The second-order valence-corrected chi connectivity index (χ2v) is 5.65. The lowest BCUT2D eigenvalue weighted by Crippen LogP contribution is -2.20. The summed E-state index contributed by atoms with van der Waals surface area (Å²) in [7, 11) is 0. The molecular formula is C20H16N2O4. The van der Waals surface area contributed by atoms with E-state index in [0.717, 1.165) is 16.6 Å². The number of para-hydroxylation sites is 2. The summed E-state index contributed by atoms with van der Waals surface area (Å²) in [5.41, 5.74) is 2.43. The first-order valence-electron chi connectivity index (χ1n) is 7.98. The highest BCUT2D eigenvalue weighted by atomic mass is 16.6. The molecule has 2 aromatic carbocycles. The van der Waals surface area contributed by atoms with Crippen molar-refractivity contribution in [3.8, 4) is 11.8 Å². The van der Waals surface area contributed by atoms with E-state index in [9.17, 15) is 9.59 Å². The van der Waals surface area contributed by atoms with Crippen LogP contribution in [0.4, 0.5) is 0 Å². The molecule has 0 bridgehead atoms. The number of H-pyrrole nitrogens is 1. The molecule has 3 rings (SSSR count). The van der Waals surface area contributed by atoms with Gasteiger partial charge < -0.3 is 14.5 Å². The third kappa shape index (κ3) is 3.57. The number of benzene rings is 2.